The lowest BCUT2D eigenvalue weighted by atomic mass is 10.1. The molecule has 0 rings (SSSR count). The summed E-state index contributed by atoms with van der Waals surface area (Å²) in [7, 11) is -9.94. The molecule has 5 atom stereocenters. The Labute approximate surface area is 571 Å². The van der Waals surface area contributed by atoms with E-state index in [2.05, 4.69) is 101 Å². The number of hydrogen-bond acceptors (Lipinski definition) is 15. The summed E-state index contributed by atoms with van der Waals surface area (Å²) in [6.07, 6.45) is 66.2. The van der Waals surface area contributed by atoms with Crippen molar-refractivity contribution in [3.63, 3.8) is 0 Å². The van der Waals surface area contributed by atoms with E-state index < -0.39 is 97.5 Å². The molecule has 0 bridgehead atoms. The van der Waals surface area contributed by atoms with Gasteiger partial charge in [-0.25, -0.2) is 9.13 Å². The van der Waals surface area contributed by atoms with E-state index in [4.69, 9.17) is 37.0 Å². The Morgan fingerprint density at radius 3 is 0.894 bits per heavy atom. The lowest BCUT2D eigenvalue weighted by Gasteiger charge is -2.21. The van der Waals surface area contributed by atoms with E-state index in [0.717, 1.165) is 180 Å². The first-order valence-electron chi connectivity index (χ1n) is 37.2. The van der Waals surface area contributed by atoms with Crippen LogP contribution in [0.2, 0.25) is 0 Å². The van der Waals surface area contributed by atoms with Crippen LogP contribution in [0.3, 0.4) is 0 Å². The van der Waals surface area contributed by atoms with Crippen LogP contribution in [0.15, 0.2) is 72.9 Å². The molecule has 94 heavy (non-hydrogen) atoms. The van der Waals surface area contributed by atoms with E-state index in [-0.39, 0.29) is 25.7 Å². The number of phosphoric acid groups is 2. The highest BCUT2D eigenvalue weighted by Crippen LogP contribution is 2.45. The predicted octanol–water partition coefficient (Wildman–Crippen LogP) is 20.9. The first kappa shape index (κ1) is 90.5. The van der Waals surface area contributed by atoms with Crippen molar-refractivity contribution in [2.45, 2.75) is 341 Å². The zero-order valence-electron chi connectivity index (χ0n) is 59.4. The highest BCUT2D eigenvalue weighted by atomic mass is 31.2. The normalized spacial score (nSPS) is 14.4. The average molecular weight is 1370 g/mol. The number of carbonyl (C=O) groups excluding carboxylic acids is 4. The molecule has 0 aromatic rings. The van der Waals surface area contributed by atoms with Crippen molar-refractivity contribution >= 4 is 39.5 Å². The van der Waals surface area contributed by atoms with Gasteiger partial charge in [-0.1, -0.05) is 248 Å². The number of rotatable bonds is 70. The molecular weight excluding hydrogens is 1230 g/mol. The summed E-state index contributed by atoms with van der Waals surface area (Å²) < 4.78 is 68.3. The average Bonchev–Trinajstić information content (AvgIpc) is 1.29. The van der Waals surface area contributed by atoms with Crippen LogP contribution in [0.4, 0.5) is 0 Å². The van der Waals surface area contributed by atoms with Crippen LogP contribution in [-0.4, -0.2) is 96.7 Å². The molecule has 3 N–H and O–H groups in total. The quantitative estimate of drug-likeness (QED) is 0.0169. The van der Waals surface area contributed by atoms with Crippen LogP contribution >= 0.6 is 15.6 Å². The van der Waals surface area contributed by atoms with Crippen molar-refractivity contribution in [1.82, 2.24) is 0 Å². The van der Waals surface area contributed by atoms with Gasteiger partial charge in [0.1, 0.15) is 19.3 Å². The molecule has 0 heterocycles. The minimum Gasteiger partial charge on any atom is -0.462 e. The zero-order valence-corrected chi connectivity index (χ0v) is 61.2. The van der Waals surface area contributed by atoms with Gasteiger partial charge in [0.25, 0.3) is 0 Å². The monoisotopic (exact) mass is 1370 g/mol. The number of phosphoric ester groups is 2. The molecule has 5 unspecified atom stereocenters. The highest BCUT2D eigenvalue weighted by molar-refractivity contribution is 7.47. The van der Waals surface area contributed by atoms with Crippen LogP contribution < -0.4 is 0 Å². The van der Waals surface area contributed by atoms with Crippen LogP contribution in [0.1, 0.15) is 323 Å². The third-order valence-corrected chi connectivity index (χ3v) is 17.5. The minimum atomic E-state index is -4.97. The Morgan fingerprint density at radius 2 is 0.564 bits per heavy atom. The first-order valence-corrected chi connectivity index (χ1v) is 40.2. The highest BCUT2D eigenvalue weighted by Gasteiger charge is 2.30. The van der Waals surface area contributed by atoms with E-state index in [0.29, 0.717) is 25.7 Å². The van der Waals surface area contributed by atoms with E-state index in [1.807, 2.05) is 0 Å². The van der Waals surface area contributed by atoms with Gasteiger partial charge in [-0.3, -0.25) is 37.3 Å². The van der Waals surface area contributed by atoms with Crippen molar-refractivity contribution in [3.8, 4) is 0 Å². The largest absolute Gasteiger partial charge is 0.472 e. The van der Waals surface area contributed by atoms with Gasteiger partial charge in [0.05, 0.1) is 26.4 Å². The van der Waals surface area contributed by atoms with E-state index in [1.165, 1.54) is 64.2 Å². The van der Waals surface area contributed by atoms with Gasteiger partial charge >= 0.3 is 39.5 Å². The summed E-state index contributed by atoms with van der Waals surface area (Å²) in [5.74, 6) is -2.20. The Kier molecular flexibility index (Phi) is 65.5. The molecule has 0 aliphatic carbocycles. The smallest absolute Gasteiger partial charge is 0.462 e. The number of unbranched alkanes of at least 4 members (excludes halogenated alkanes) is 32. The van der Waals surface area contributed by atoms with E-state index >= 15 is 0 Å². The molecule has 0 spiro atoms. The second-order valence-corrected chi connectivity index (χ2v) is 27.8. The van der Waals surface area contributed by atoms with Gasteiger partial charge in [0.2, 0.25) is 0 Å². The van der Waals surface area contributed by atoms with Crippen molar-refractivity contribution in [1.29, 1.82) is 0 Å². The fourth-order valence-electron chi connectivity index (χ4n) is 9.90. The minimum absolute atomic E-state index is 0.0850. The van der Waals surface area contributed by atoms with Crippen molar-refractivity contribution in [2.24, 2.45) is 0 Å². The Hall–Kier alpha value is -3.50. The summed E-state index contributed by atoms with van der Waals surface area (Å²) in [5.41, 5.74) is 0. The number of allylic oxidation sites excluding steroid dienone is 12. The summed E-state index contributed by atoms with van der Waals surface area (Å²) in [5, 5.41) is 10.6. The summed E-state index contributed by atoms with van der Waals surface area (Å²) in [6, 6.07) is 0. The maximum Gasteiger partial charge on any atom is 0.472 e. The van der Waals surface area contributed by atoms with Crippen LogP contribution in [-0.2, 0) is 65.4 Å². The molecule has 0 fully saturated rings. The number of esters is 4. The molecule has 0 saturated heterocycles. The standard InChI is InChI=1S/C75H134O17P2/c1-5-9-13-17-21-25-29-31-33-34-36-37-41-44-48-52-56-60-73(78)86-66-71(92-75(80)62-58-54-50-46-42-38-35-32-30-26-22-18-14-10-6-2)68-90-94(83,84)88-64-69(76)63-87-93(81,82)89-67-70(91-74(79)61-57-53-49-45-40-28-24-20-16-12-8-4)65-85-72(77)59-55-51-47-43-39-27-23-19-15-11-7-3/h9,13,19-21,23-25,31-33,35,69-71,76H,5-8,10-12,14-18,22,26-30,34,36-68H2,1-4H3,(H,81,82)(H,83,84)/b13-9-,23-19-,24-20-,25-21-,33-31-,35-32-. The lowest BCUT2D eigenvalue weighted by Crippen LogP contribution is -2.30. The van der Waals surface area contributed by atoms with Gasteiger partial charge in [-0.15, -0.1) is 0 Å². The summed E-state index contributed by atoms with van der Waals surface area (Å²) >= 11 is 0. The number of aliphatic hydroxyl groups excluding tert-OH is 1. The molecule has 0 radical (unpaired) electrons. The first-order chi connectivity index (χ1) is 45.7. The van der Waals surface area contributed by atoms with Gasteiger partial charge in [-0.05, 0) is 122 Å². The van der Waals surface area contributed by atoms with Gasteiger partial charge in [0.15, 0.2) is 12.2 Å². The molecule has 0 aromatic carbocycles. The molecule has 0 amide bonds. The van der Waals surface area contributed by atoms with E-state index in [1.54, 1.807) is 0 Å². The lowest BCUT2D eigenvalue weighted by molar-refractivity contribution is -0.161. The van der Waals surface area contributed by atoms with Crippen molar-refractivity contribution in [2.75, 3.05) is 39.6 Å². The maximum atomic E-state index is 13.1. The molecule has 17 nitrogen and oxygen atoms in total. The van der Waals surface area contributed by atoms with Crippen LogP contribution in [0, 0.1) is 0 Å². The number of ether oxygens (including phenoxy) is 4. The summed E-state index contributed by atoms with van der Waals surface area (Å²) in [4.78, 5) is 72.6. The fourth-order valence-corrected chi connectivity index (χ4v) is 11.5. The second-order valence-electron chi connectivity index (χ2n) is 24.8. The molecule has 0 saturated carbocycles. The zero-order chi connectivity index (χ0) is 69.0. The maximum absolute atomic E-state index is 13.1. The third kappa shape index (κ3) is 67.1. The van der Waals surface area contributed by atoms with Crippen molar-refractivity contribution < 1.29 is 80.2 Å². The predicted molar refractivity (Wildman–Crippen MR) is 381 cm³/mol. The van der Waals surface area contributed by atoms with Crippen LogP contribution in [0.5, 0.6) is 0 Å². The van der Waals surface area contributed by atoms with Crippen LogP contribution in [0.25, 0.3) is 0 Å². The summed E-state index contributed by atoms with van der Waals surface area (Å²) in [6.45, 7) is 4.66. The fraction of sp³-hybridized carbons (Fsp3) is 0.787. The SMILES string of the molecule is CC/C=C\C/C=C\C/C=C\CCCCCCCCCC(=O)OCC(COP(=O)(O)OCC(O)COP(=O)(O)OCC(COC(=O)CCCCCCC/C=C\CCCC)OC(=O)CCCCCCC/C=C\CCCC)OC(=O)CCCCCCC/C=C\CCCCCCCC. The third-order valence-electron chi connectivity index (χ3n) is 15.6. The molecule has 0 aliphatic heterocycles. The molecule has 0 aliphatic rings. The Balaban J connectivity index is 5.31. The second kappa shape index (κ2) is 68.0. The molecule has 19 heteroatoms. The van der Waals surface area contributed by atoms with Gasteiger partial charge in [-0.2, -0.15) is 0 Å². The molecular formula is C75H134O17P2. The number of carbonyl (C=O) groups is 4. The molecule has 0 aromatic heterocycles. The van der Waals surface area contributed by atoms with Gasteiger partial charge in [0, 0.05) is 25.7 Å². The number of aliphatic hydroxyl groups is 1. The molecule has 546 valence electrons. The topological polar surface area (TPSA) is 237 Å². The van der Waals surface area contributed by atoms with Gasteiger partial charge < -0.3 is 33.8 Å². The Morgan fingerprint density at radius 1 is 0.309 bits per heavy atom. The Bertz CT molecular complexity index is 2070. The van der Waals surface area contributed by atoms with Crippen molar-refractivity contribution in [3.05, 3.63) is 72.9 Å². The number of hydrogen-bond donors (Lipinski definition) is 3. The van der Waals surface area contributed by atoms with E-state index in [9.17, 15) is 43.2 Å².